The average molecular weight is 168 g/mol. The summed E-state index contributed by atoms with van der Waals surface area (Å²) in [5, 5.41) is 9.72. The summed E-state index contributed by atoms with van der Waals surface area (Å²) in [6.07, 6.45) is 7.19. The third-order valence-corrected chi connectivity index (χ3v) is 3.53. The number of aliphatic hydroxyl groups excluding tert-OH is 1. The minimum Gasteiger partial charge on any atom is -0.393 e. The molecule has 2 aliphatic rings. The van der Waals surface area contributed by atoms with Crippen LogP contribution in [-0.2, 0) is 4.79 Å². The van der Waals surface area contributed by atoms with Crippen molar-refractivity contribution in [3.05, 3.63) is 0 Å². The highest BCUT2D eigenvalue weighted by Crippen LogP contribution is 2.54. The number of rotatable bonds is 2. The first-order valence-electron chi connectivity index (χ1n) is 4.93. The molecule has 68 valence electrons. The Hall–Kier alpha value is -0.370. The van der Waals surface area contributed by atoms with Crippen molar-refractivity contribution in [2.75, 3.05) is 0 Å². The first-order valence-corrected chi connectivity index (χ1v) is 4.93. The lowest BCUT2D eigenvalue weighted by molar-refractivity contribution is -0.116. The second-order valence-corrected chi connectivity index (χ2v) is 4.31. The van der Waals surface area contributed by atoms with Crippen LogP contribution in [0.1, 0.15) is 38.5 Å². The number of aldehydes is 1. The molecule has 2 heteroatoms. The largest absolute Gasteiger partial charge is 0.393 e. The fraction of sp³-hybridized carbons (Fsp3) is 0.900. The zero-order valence-corrected chi connectivity index (χ0v) is 7.33. The molecule has 0 heterocycles. The molecule has 2 atom stereocenters. The highest BCUT2D eigenvalue weighted by Gasteiger charge is 2.51. The molecular weight excluding hydrogens is 152 g/mol. The van der Waals surface area contributed by atoms with E-state index in [-0.39, 0.29) is 17.4 Å². The normalized spacial score (nSPS) is 39.1. The summed E-state index contributed by atoms with van der Waals surface area (Å²) in [7, 11) is 0. The van der Waals surface area contributed by atoms with Crippen molar-refractivity contribution < 1.29 is 9.90 Å². The van der Waals surface area contributed by atoms with Crippen LogP contribution in [0.5, 0.6) is 0 Å². The summed E-state index contributed by atoms with van der Waals surface area (Å²) in [5.41, 5.74) is -0.0974. The maximum absolute atomic E-state index is 10.8. The van der Waals surface area contributed by atoms with Gasteiger partial charge in [0.05, 0.1) is 6.10 Å². The fourth-order valence-electron chi connectivity index (χ4n) is 2.50. The Morgan fingerprint density at radius 3 is 2.42 bits per heavy atom. The molecule has 0 aromatic heterocycles. The Morgan fingerprint density at radius 1 is 1.25 bits per heavy atom. The second kappa shape index (κ2) is 2.84. The number of aliphatic hydroxyl groups is 1. The van der Waals surface area contributed by atoms with Gasteiger partial charge in [-0.3, -0.25) is 0 Å². The molecule has 0 spiro atoms. The minimum atomic E-state index is -0.202. The van der Waals surface area contributed by atoms with Crippen molar-refractivity contribution in [3.8, 4) is 0 Å². The Balaban J connectivity index is 2.05. The zero-order chi connectivity index (χ0) is 8.60. The zero-order valence-electron chi connectivity index (χ0n) is 7.33. The molecule has 1 N–H and O–H groups in total. The first-order chi connectivity index (χ1) is 5.78. The van der Waals surface area contributed by atoms with Crippen LogP contribution in [0.4, 0.5) is 0 Å². The van der Waals surface area contributed by atoms with Crippen LogP contribution in [-0.4, -0.2) is 17.5 Å². The molecule has 2 nitrogen and oxygen atoms in total. The van der Waals surface area contributed by atoms with Gasteiger partial charge in [-0.05, 0) is 31.6 Å². The highest BCUT2D eigenvalue weighted by atomic mass is 16.3. The molecule has 0 bridgehead atoms. The lowest BCUT2D eigenvalue weighted by Crippen LogP contribution is -2.32. The van der Waals surface area contributed by atoms with Gasteiger partial charge in [0.25, 0.3) is 0 Å². The Kier molecular flexibility index (Phi) is 1.95. The molecule has 0 saturated heterocycles. The lowest BCUT2D eigenvalue weighted by Gasteiger charge is -2.31. The predicted molar refractivity (Wildman–Crippen MR) is 45.7 cm³/mol. The van der Waals surface area contributed by atoms with Crippen molar-refractivity contribution >= 4 is 6.29 Å². The summed E-state index contributed by atoms with van der Waals surface area (Å²) in [4.78, 5) is 10.8. The van der Waals surface area contributed by atoms with E-state index < -0.39 is 0 Å². The van der Waals surface area contributed by atoms with Crippen molar-refractivity contribution in [1.29, 1.82) is 0 Å². The van der Waals surface area contributed by atoms with Crippen molar-refractivity contribution in [2.24, 2.45) is 11.3 Å². The van der Waals surface area contributed by atoms with E-state index in [0.29, 0.717) is 0 Å². The molecular formula is C10H16O2. The van der Waals surface area contributed by atoms with Gasteiger partial charge in [0, 0.05) is 5.41 Å². The van der Waals surface area contributed by atoms with Crippen LogP contribution in [0.25, 0.3) is 0 Å². The maximum atomic E-state index is 10.8. The fourth-order valence-corrected chi connectivity index (χ4v) is 2.50. The molecule has 0 aliphatic heterocycles. The van der Waals surface area contributed by atoms with Crippen molar-refractivity contribution in [1.82, 2.24) is 0 Å². The standard InChI is InChI=1S/C10H16O2/c11-7-10(5-6-10)8-3-1-2-4-9(8)12/h7-9,12H,1-6H2. The van der Waals surface area contributed by atoms with Crippen LogP contribution in [0.2, 0.25) is 0 Å². The number of hydrogen-bond acceptors (Lipinski definition) is 2. The molecule has 0 aromatic carbocycles. The molecule has 0 aromatic rings. The average Bonchev–Trinajstić information content (AvgIpc) is 2.86. The van der Waals surface area contributed by atoms with Crippen LogP contribution >= 0.6 is 0 Å². The molecule has 2 unspecified atom stereocenters. The monoisotopic (exact) mass is 168 g/mol. The quantitative estimate of drug-likeness (QED) is 0.635. The number of carbonyl (C=O) groups excluding carboxylic acids is 1. The number of carbonyl (C=O) groups is 1. The molecule has 2 aliphatic carbocycles. The maximum Gasteiger partial charge on any atom is 0.126 e. The van der Waals surface area contributed by atoms with E-state index in [1.54, 1.807) is 0 Å². The summed E-state index contributed by atoms with van der Waals surface area (Å²) in [5.74, 6) is 0.281. The van der Waals surface area contributed by atoms with E-state index in [2.05, 4.69) is 0 Å². The van der Waals surface area contributed by atoms with E-state index in [0.717, 1.165) is 38.4 Å². The van der Waals surface area contributed by atoms with Crippen molar-refractivity contribution in [3.63, 3.8) is 0 Å². The van der Waals surface area contributed by atoms with Gasteiger partial charge in [-0.1, -0.05) is 12.8 Å². The van der Waals surface area contributed by atoms with E-state index >= 15 is 0 Å². The predicted octanol–water partition coefficient (Wildman–Crippen LogP) is 1.52. The SMILES string of the molecule is O=CC1(C2CCCCC2O)CC1. The Labute approximate surface area is 73.0 Å². The van der Waals surface area contributed by atoms with Gasteiger partial charge < -0.3 is 9.90 Å². The van der Waals surface area contributed by atoms with Gasteiger partial charge in [0.1, 0.15) is 6.29 Å². The van der Waals surface area contributed by atoms with Gasteiger partial charge >= 0.3 is 0 Å². The Bertz CT molecular complexity index is 184. The third-order valence-electron chi connectivity index (χ3n) is 3.53. The summed E-state index contributed by atoms with van der Waals surface area (Å²) < 4.78 is 0. The van der Waals surface area contributed by atoms with E-state index in [1.165, 1.54) is 6.42 Å². The van der Waals surface area contributed by atoms with Gasteiger partial charge in [0.2, 0.25) is 0 Å². The molecule has 2 saturated carbocycles. The van der Waals surface area contributed by atoms with Gasteiger partial charge in [0.15, 0.2) is 0 Å². The summed E-state index contributed by atoms with van der Waals surface area (Å²) in [6, 6.07) is 0. The summed E-state index contributed by atoms with van der Waals surface area (Å²) in [6.45, 7) is 0. The molecule has 0 radical (unpaired) electrons. The van der Waals surface area contributed by atoms with Crippen LogP contribution in [0.3, 0.4) is 0 Å². The second-order valence-electron chi connectivity index (χ2n) is 4.31. The van der Waals surface area contributed by atoms with Gasteiger partial charge in [-0.2, -0.15) is 0 Å². The van der Waals surface area contributed by atoms with Crippen molar-refractivity contribution in [2.45, 2.75) is 44.6 Å². The lowest BCUT2D eigenvalue weighted by atomic mass is 9.76. The molecule has 2 rings (SSSR count). The topological polar surface area (TPSA) is 37.3 Å². The molecule has 12 heavy (non-hydrogen) atoms. The highest BCUT2D eigenvalue weighted by molar-refractivity contribution is 5.64. The van der Waals surface area contributed by atoms with Crippen LogP contribution in [0, 0.1) is 11.3 Å². The van der Waals surface area contributed by atoms with Crippen LogP contribution < -0.4 is 0 Å². The number of hydrogen-bond donors (Lipinski definition) is 1. The molecule has 2 fully saturated rings. The van der Waals surface area contributed by atoms with E-state index in [1.807, 2.05) is 0 Å². The summed E-state index contributed by atoms with van der Waals surface area (Å²) >= 11 is 0. The molecule has 0 amide bonds. The van der Waals surface area contributed by atoms with E-state index in [9.17, 15) is 9.90 Å². The first kappa shape index (κ1) is 8.24. The Morgan fingerprint density at radius 2 is 1.92 bits per heavy atom. The third kappa shape index (κ3) is 1.18. The minimum absolute atomic E-state index is 0.0974. The smallest absolute Gasteiger partial charge is 0.126 e. The van der Waals surface area contributed by atoms with E-state index in [4.69, 9.17) is 0 Å². The van der Waals surface area contributed by atoms with Crippen LogP contribution in [0.15, 0.2) is 0 Å². The van der Waals surface area contributed by atoms with Gasteiger partial charge in [-0.25, -0.2) is 0 Å². The van der Waals surface area contributed by atoms with Gasteiger partial charge in [-0.15, -0.1) is 0 Å².